The molecule has 0 saturated carbocycles. The standard InChI is InChI=1S/C20H27N5S/c1-15(13-17-7-6-12-26-17)14-23-20(21-3)22-10-11-25-16(2)24-18-8-4-5-9-19(18)25/h4-9,12,15H,10-11,13-14H2,1-3H3,(H2,21,22,23). The van der Waals surface area contributed by atoms with Crippen LogP contribution in [-0.2, 0) is 13.0 Å². The van der Waals surface area contributed by atoms with Crippen LogP contribution in [0.5, 0.6) is 0 Å². The molecule has 0 spiro atoms. The highest BCUT2D eigenvalue weighted by molar-refractivity contribution is 7.09. The molecular formula is C20H27N5S. The van der Waals surface area contributed by atoms with Crippen molar-refractivity contribution < 1.29 is 0 Å². The summed E-state index contributed by atoms with van der Waals surface area (Å²) in [7, 11) is 1.82. The molecule has 1 atom stereocenters. The molecule has 6 heteroatoms. The molecule has 0 aliphatic heterocycles. The number of aromatic nitrogens is 2. The minimum atomic E-state index is 0.562. The molecule has 2 aromatic heterocycles. The van der Waals surface area contributed by atoms with Crippen molar-refractivity contribution in [3.63, 3.8) is 0 Å². The molecule has 1 unspecified atom stereocenters. The Morgan fingerprint density at radius 3 is 2.85 bits per heavy atom. The summed E-state index contributed by atoms with van der Waals surface area (Å²) in [5, 5.41) is 8.98. The van der Waals surface area contributed by atoms with Crippen LogP contribution < -0.4 is 10.6 Å². The Hall–Kier alpha value is -2.34. The Labute approximate surface area is 159 Å². The zero-order valence-corrected chi connectivity index (χ0v) is 16.5. The molecule has 0 aliphatic rings. The third-order valence-corrected chi connectivity index (χ3v) is 5.34. The van der Waals surface area contributed by atoms with Crippen LogP contribution in [0.3, 0.4) is 0 Å². The summed E-state index contributed by atoms with van der Waals surface area (Å²) in [4.78, 5) is 10.4. The fraction of sp³-hybridized carbons (Fsp3) is 0.400. The Kier molecular flexibility index (Phi) is 6.28. The predicted molar refractivity (Wildman–Crippen MR) is 111 cm³/mol. The van der Waals surface area contributed by atoms with Gasteiger partial charge < -0.3 is 15.2 Å². The van der Waals surface area contributed by atoms with Crippen molar-refractivity contribution in [2.24, 2.45) is 10.9 Å². The first-order valence-electron chi connectivity index (χ1n) is 9.06. The van der Waals surface area contributed by atoms with Gasteiger partial charge in [-0.25, -0.2) is 4.98 Å². The molecule has 0 radical (unpaired) electrons. The molecule has 0 bridgehead atoms. The summed E-state index contributed by atoms with van der Waals surface area (Å²) >= 11 is 1.82. The summed E-state index contributed by atoms with van der Waals surface area (Å²) in [5.41, 5.74) is 2.23. The molecule has 2 N–H and O–H groups in total. The second-order valence-electron chi connectivity index (χ2n) is 6.57. The number of imidazole rings is 1. The smallest absolute Gasteiger partial charge is 0.191 e. The summed E-state index contributed by atoms with van der Waals surface area (Å²) in [5.74, 6) is 2.46. The first-order chi connectivity index (χ1) is 12.7. The highest BCUT2D eigenvalue weighted by Crippen LogP contribution is 2.15. The van der Waals surface area contributed by atoms with Crippen molar-refractivity contribution >= 4 is 28.3 Å². The average molecular weight is 370 g/mol. The number of benzene rings is 1. The maximum Gasteiger partial charge on any atom is 0.191 e. The van der Waals surface area contributed by atoms with Crippen molar-refractivity contribution in [3.05, 3.63) is 52.5 Å². The molecule has 26 heavy (non-hydrogen) atoms. The van der Waals surface area contributed by atoms with E-state index in [4.69, 9.17) is 0 Å². The van der Waals surface area contributed by atoms with Gasteiger partial charge in [0.05, 0.1) is 11.0 Å². The number of hydrogen-bond acceptors (Lipinski definition) is 3. The van der Waals surface area contributed by atoms with E-state index in [1.807, 2.05) is 24.5 Å². The van der Waals surface area contributed by atoms with Crippen molar-refractivity contribution in [1.82, 2.24) is 20.2 Å². The molecule has 138 valence electrons. The van der Waals surface area contributed by atoms with Crippen LogP contribution in [0, 0.1) is 12.8 Å². The Morgan fingerprint density at radius 2 is 2.08 bits per heavy atom. The zero-order valence-electron chi connectivity index (χ0n) is 15.7. The van der Waals surface area contributed by atoms with Gasteiger partial charge in [-0.2, -0.15) is 0 Å². The number of para-hydroxylation sites is 2. The molecular weight excluding hydrogens is 342 g/mol. The van der Waals surface area contributed by atoms with Gasteiger partial charge in [0.25, 0.3) is 0 Å². The van der Waals surface area contributed by atoms with E-state index >= 15 is 0 Å². The number of fused-ring (bicyclic) bond motifs is 1. The first kappa shape index (κ1) is 18.5. The van der Waals surface area contributed by atoms with Gasteiger partial charge in [-0.15, -0.1) is 11.3 Å². The number of aryl methyl sites for hydroxylation is 1. The topological polar surface area (TPSA) is 54.2 Å². The van der Waals surface area contributed by atoms with E-state index in [0.29, 0.717) is 5.92 Å². The summed E-state index contributed by atoms with van der Waals surface area (Å²) in [6.45, 7) is 6.89. The van der Waals surface area contributed by atoms with Crippen molar-refractivity contribution in [2.75, 3.05) is 20.1 Å². The molecule has 0 amide bonds. The molecule has 3 rings (SSSR count). The molecule has 0 fully saturated rings. The Morgan fingerprint density at radius 1 is 1.23 bits per heavy atom. The maximum absolute atomic E-state index is 4.62. The van der Waals surface area contributed by atoms with Crippen LogP contribution >= 0.6 is 11.3 Å². The number of rotatable bonds is 7. The van der Waals surface area contributed by atoms with Crippen LogP contribution in [0.15, 0.2) is 46.8 Å². The largest absolute Gasteiger partial charge is 0.356 e. The normalized spacial score (nSPS) is 13.1. The van der Waals surface area contributed by atoms with Crippen LogP contribution in [-0.4, -0.2) is 35.6 Å². The van der Waals surface area contributed by atoms with Crippen molar-refractivity contribution in [3.8, 4) is 0 Å². The number of aliphatic imine (C=N–C) groups is 1. The number of guanidine groups is 1. The number of thiophene rings is 1. The van der Waals surface area contributed by atoms with E-state index in [9.17, 15) is 0 Å². The first-order valence-corrected chi connectivity index (χ1v) is 9.94. The molecule has 0 saturated heterocycles. The van der Waals surface area contributed by atoms with Gasteiger partial charge in [-0.05, 0) is 42.8 Å². The van der Waals surface area contributed by atoms with Gasteiger partial charge >= 0.3 is 0 Å². The minimum absolute atomic E-state index is 0.562. The van der Waals surface area contributed by atoms with Gasteiger partial charge in [-0.1, -0.05) is 25.1 Å². The number of hydrogen-bond donors (Lipinski definition) is 2. The Balaban J connectivity index is 1.47. The van der Waals surface area contributed by atoms with Gasteiger partial charge in [0.15, 0.2) is 5.96 Å². The molecule has 0 aliphatic carbocycles. The summed E-state index contributed by atoms with van der Waals surface area (Å²) in [6, 6.07) is 12.6. The van der Waals surface area contributed by atoms with Crippen LogP contribution in [0.1, 0.15) is 17.6 Å². The summed E-state index contributed by atoms with van der Waals surface area (Å²) in [6.07, 6.45) is 1.10. The zero-order chi connectivity index (χ0) is 18.4. The van der Waals surface area contributed by atoms with E-state index in [-0.39, 0.29) is 0 Å². The third-order valence-electron chi connectivity index (χ3n) is 4.44. The molecule has 1 aromatic carbocycles. The van der Waals surface area contributed by atoms with E-state index < -0.39 is 0 Å². The fourth-order valence-electron chi connectivity index (χ4n) is 3.10. The van der Waals surface area contributed by atoms with Crippen LogP contribution in [0.25, 0.3) is 11.0 Å². The lowest BCUT2D eigenvalue weighted by molar-refractivity contribution is 0.559. The van der Waals surface area contributed by atoms with Gasteiger partial charge in [0.2, 0.25) is 0 Å². The molecule has 5 nitrogen and oxygen atoms in total. The van der Waals surface area contributed by atoms with Crippen molar-refractivity contribution in [1.29, 1.82) is 0 Å². The van der Waals surface area contributed by atoms with Crippen LogP contribution in [0.4, 0.5) is 0 Å². The van der Waals surface area contributed by atoms with E-state index in [1.165, 1.54) is 10.4 Å². The summed E-state index contributed by atoms with van der Waals surface area (Å²) < 4.78 is 2.25. The van der Waals surface area contributed by atoms with E-state index in [1.54, 1.807) is 0 Å². The highest BCUT2D eigenvalue weighted by Gasteiger charge is 2.08. The van der Waals surface area contributed by atoms with Gasteiger partial charge in [-0.3, -0.25) is 4.99 Å². The Bertz CT molecular complexity index is 850. The molecule has 3 aromatic rings. The second kappa shape index (κ2) is 8.85. The lowest BCUT2D eigenvalue weighted by atomic mass is 10.1. The number of nitrogens with one attached hydrogen (secondary N) is 2. The second-order valence-corrected chi connectivity index (χ2v) is 7.60. The van der Waals surface area contributed by atoms with E-state index in [0.717, 1.165) is 43.4 Å². The monoisotopic (exact) mass is 369 g/mol. The molecule has 2 heterocycles. The lowest BCUT2D eigenvalue weighted by Gasteiger charge is -2.16. The average Bonchev–Trinajstić information content (AvgIpc) is 3.25. The maximum atomic E-state index is 4.62. The van der Waals surface area contributed by atoms with Gasteiger partial charge in [0.1, 0.15) is 5.82 Å². The van der Waals surface area contributed by atoms with Gasteiger partial charge in [0, 0.05) is 31.6 Å². The minimum Gasteiger partial charge on any atom is -0.356 e. The van der Waals surface area contributed by atoms with E-state index in [2.05, 4.69) is 74.7 Å². The predicted octanol–water partition coefficient (Wildman–Crippen LogP) is 3.45. The third kappa shape index (κ3) is 4.64. The quantitative estimate of drug-likeness (QED) is 0.495. The SMILES string of the molecule is CN=C(NCCn1c(C)nc2ccccc21)NCC(C)Cc1cccs1. The van der Waals surface area contributed by atoms with Crippen LogP contribution in [0.2, 0.25) is 0 Å². The lowest BCUT2D eigenvalue weighted by Crippen LogP contribution is -2.41. The van der Waals surface area contributed by atoms with Crippen molar-refractivity contribution in [2.45, 2.75) is 26.8 Å². The fourth-order valence-corrected chi connectivity index (χ4v) is 3.97. The highest BCUT2D eigenvalue weighted by atomic mass is 32.1. The number of nitrogens with zero attached hydrogens (tertiary/aromatic N) is 3.